The van der Waals surface area contributed by atoms with Gasteiger partial charge in [-0.2, -0.15) is 4.31 Å². The Morgan fingerprint density at radius 1 is 1.22 bits per heavy atom. The third-order valence-electron chi connectivity index (χ3n) is 4.37. The van der Waals surface area contributed by atoms with Crippen LogP contribution in [0.2, 0.25) is 0 Å². The summed E-state index contributed by atoms with van der Waals surface area (Å²) in [6, 6.07) is 2.86. The van der Waals surface area contributed by atoms with Gasteiger partial charge in [0.15, 0.2) is 11.5 Å². The Morgan fingerprint density at radius 2 is 1.83 bits per heavy atom. The van der Waals surface area contributed by atoms with Gasteiger partial charge >= 0.3 is 0 Å². The molecule has 0 spiro atoms. The Bertz CT molecular complexity index is 658. The number of nitrogens with two attached hydrogens (primary N) is 1. The number of benzene rings is 1. The molecule has 1 aromatic rings. The summed E-state index contributed by atoms with van der Waals surface area (Å²) in [4.78, 5) is 0.252. The molecule has 2 rings (SSSR count). The van der Waals surface area contributed by atoms with E-state index in [1.807, 2.05) is 6.92 Å². The average Bonchev–Trinajstić information content (AvgIpc) is 2.54. The van der Waals surface area contributed by atoms with Gasteiger partial charge in [0.25, 0.3) is 0 Å². The van der Waals surface area contributed by atoms with E-state index in [2.05, 4.69) is 0 Å². The molecule has 1 saturated heterocycles. The maximum atomic E-state index is 13.2. The van der Waals surface area contributed by atoms with Crippen molar-refractivity contribution >= 4 is 10.0 Å². The summed E-state index contributed by atoms with van der Waals surface area (Å²) in [7, 11) is -0.601. The van der Waals surface area contributed by atoms with Crippen molar-refractivity contribution in [2.45, 2.75) is 50.1 Å². The Hall–Kier alpha value is -1.31. The van der Waals surface area contributed by atoms with Crippen LogP contribution in [0.15, 0.2) is 17.0 Å². The molecule has 6 nitrogen and oxygen atoms in total. The minimum atomic E-state index is -3.63. The van der Waals surface area contributed by atoms with E-state index in [1.165, 1.54) is 20.3 Å². The van der Waals surface area contributed by atoms with Crippen LogP contribution >= 0.6 is 0 Å². The van der Waals surface area contributed by atoms with Crippen LogP contribution in [0.25, 0.3) is 0 Å². The van der Waals surface area contributed by atoms with Crippen molar-refractivity contribution in [1.82, 2.24) is 4.31 Å². The highest BCUT2D eigenvalue weighted by Crippen LogP contribution is 2.35. The van der Waals surface area contributed by atoms with Crippen LogP contribution in [0.4, 0.5) is 0 Å². The number of piperidine rings is 1. The fourth-order valence-electron chi connectivity index (χ4n) is 3.12. The molecule has 130 valence electrons. The molecule has 7 heteroatoms. The van der Waals surface area contributed by atoms with Gasteiger partial charge in [-0.3, -0.25) is 0 Å². The summed E-state index contributed by atoms with van der Waals surface area (Å²) < 4.78 is 38.4. The predicted molar refractivity (Wildman–Crippen MR) is 89.5 cm³/mol. The molecular weight excluding hydrogens is 316 g/mol. The molecule has 1 aliphatic rings. The van der Waals surface area contributed by atoms with Crippen molar-refractivity contribution in [3.05, 3.63) is 17.7 Å². The number of rotatable bonds is 5. The Kier molecular flexibility index (Phi) is 5.54. The number of sulfonamides is 1. The maximum Gasteiger partial charge on any atom is 0.243 e. The molecule has 1 heterocycles. The van der Waals surface area contributed by atoms with Gasteiger partial charge in [0, 0.05) is 24.7 Å². The monoisotopic (exact) mass is 342 g/mol. The van der Waals surface area contributed by atoms with Crippen molar-refractivity contribution in [1.29, 1.82) is 0 Å². The summed E-state index contributed by atoms with van der Waals surface area (Å²) in [5, 5.41) is 0. The third-order valence-corrected chi connectivity index (χ3v) is 6.44. The molecule has 0 radical (unpaired) electrons. The van der Waals surface area contributed by atoms with Gasteiger partial charge in [0.1, 0.15) is 0 Å². The van der Waals surface area contributed by atoms with Crippen LogP contribution in [0.1, 0.15) is 31.7 Å². The molecular formula is C16H26N2O4S. The van der Waals surface area contributed by atoms with Crippen LogP contribution in [0.5, 0.6) is 11.5 Å². The summed E-state index contributed by atoms with van der Waals surface area (Å²) in [5.41, 5.74) is 6.66. The maximum absolute atomic E-state index is 13.2. The predicted octanol–water partition coefficient (Wildman–Crippen LogP) is 1.90. The molecule has 0 bridgehead atoms. The van der Waals surface area contributed by atoms with E-state index in [4.69, 9.17) is 15.2 Å². The second-order valence-corrected chi connectivity index (χ2v) is 7.87. The molecule has 23 heavy (non-hydrogen) atoms. The van der Waals surface area contributed by atoms with Crippen LogP contribution in [-0.2, 0) is 10.0 Å². The molecule has 2 atom stereocenters. The third kappa shape index (κ3) is 3.46. The topological polar surface area (TPSA) is 81.9 Å². The molecule has 1 fully saturated rings. The van der Waals surface area contributed by atoms with Gasteiger partial charge in [-0.1, -0.05) is 6.42 Å². The molecule has 0 aliphatic carbocycles. The number of ether oxygens (including phenoxy) is 2. The molecule has 0 saturated carbocycles. The molecule has 1 aliphatic heterocycles. The van der Waals surface area contributed by atoms with Crippen LogP contribution in [0, 0.1) is 6.92 Å². The lowest BCUT2D eigenvalue weighted by Gasteiger charge is -2.37. The molecule has 0 amide bonds. The summed E-state index contributed by atoms with van der Waals surface area (Å²) in [6.07, 6.45) is 2.65. The fourth-order valence-corrected chi connectivity index (χ4v) is 5.12. The number of hydrogen-bond acceptors (Lipinski definition) is 5. The van der Waals surface area contributed by atoms with E-state index in [1.54, 1.807) is 17.3 Å². The first-order chi connectivity index (χ1) is 10.8. The van der Waals surface area contributed by atoms with E-state index in [0.29, 0.717) is 23.6 Å². The van der Waals surface area contributed by atoms with Crippen molar-refractivity contribution in [2.75, 3.05) is 20.8 Å². The van der Waals surface area contributed by atoms with E-state index in [-0.39, 0.29) is 17.0 Å². The normalized spacial score (nSPS) is 21.0. The quantitative estimate of drug-likeness (QED) is 0.884. The van der Waals surface area contributed by atoms with Gasteiger partial charge in [0.2, 0.25) is 10.0 Å². The first-order valence-corrected chi connectivity index (χ1v) is 9.27. The highest BCUT2D eigenvalue weighted by atomic mass is 32.2. The summed E-state index contributed by atoms with van der Waals surface area (Å²) >= 11 is 0. The molecule has 0 aromatic heterocycles. The van der Waals surface area contributed by atoms with Crippen LogP contribution in [0.3, 0.4) is 0 Å². The minimum Gasteiger partial charge on any atom is -0.493 e. The van der Waals surface area contributed by atoms with E-state index < -0.39 is 10.0 Å². The van der Waals surface area contributed by atoms with Crippen molar-refractivity contribution in [3.8, 4) is 11.5 Å². The lowest BCUT2D eigenvalue weighted by molar-refractivity contribution is 0.227. The van der Waals surface area contributed by atoms with Gasteiger partial charge in [0.05, 0.1) is 19.1 Å². The minimum absolute atomic E-state index is 0.166. The number of hydrogen-bond donors (Lipinski definition) is 1. The Morgan fingerprint density at radius 3 is 2.39 bits per heavy atom. The largest absolute Gasteiger partial charge is 0.493 e. The summed E-state index contributed by atoms with van der Waals surface area (Å²) in [6.45, 7) is 4.13. The number of aryl methyl sites for hydroxylation is 1. The highest BCUT2D eigenvalue weighted by molar-refractivity contribution is 7.89. The first-order valence-electron chi connectivity index (χ1n) is 7.83. The second kappa shape index (κ2) is 7.07. The van der Waals surface area contributed by atoms with Gasteiger partial charge in [-0.15, -0.1) is 0 Å². The lowest BCUT2D eigenvalue weighted by Crippen LogP contribution is -2.51. The van der Waals surface area contributed by atoms with Crippen molar-refractivity contribution in [3.63, 3.8) is 0 Å². The van der Waals surface area contributed by atoms with Crippen LogP contribution < -0.4 is 15.2 Å². The Labute approximate surface area is 138 Å². The number of methoxy groups -OCH3 is 2. The van der Waals surface area contributed by atoms with Gasteiger partial charge < -0.3 is 15.2 Å². The zero-order chi connectivity index (χ0) is 17.2. The van der Waals surface area contributed by atoms with Crippen LogP contribution in [-0.4, -0.2) is 45.6 Å². The fraction of sp³-hybridized carbons (Fsp3) is 0.625. The van der Waals surface area contributed by atoms with Gasteiger partial charge in [-0.25, -0.2) is 8.42 Å². The van der Waals surface area contributed by atoms with Crippen molar-refractivity contribution < 1.29 is 17.9 Å². The first kappa shape index (κ1) is 18.0. The number of nitrogens with zero attached hydrogens (tertiary/aromatic N) is 1. The second-order valence-electron chi connectivity index (χ2n) is 6.01. The molecule has 2 unspecified atom stereocenters. The smallest absolute Gasteiger partial charge is 0.243 e. The average molecular weight is 342 g/mol. The lowest BCUT2D eigenvalue weighted by atomic mass is 10.00. The summed E-state index contributed by atoms with van der Waals surface area (Å²) in [5.74, 6) is 0.928. The van der Waals surface area contributed by atoms with E-state index in [0.717, 1.165) is 19.3 Å². The van der Waals surface area contributed by atoms with E-state index in [9.17, 15) is 8.42 Å². The zero-order valence-electron chi connectivity index (χ0n) is 14.2. The highest BCUT2D eigenvalue weighted by Gasteiger charge is 2.36. The standard InChI is InChI=1S/C16H26N2O4S/c1-11-9-14(21-3)15(22-4)10-16(11)23(19,20)18-8-6-5-7-13(18)12(2)17/h9-10,12-13H,5-8,17H2,1-4H3. The van der Waals surface area contributed by atoms with Crippen molar-refractivity contribution in [2.24, 2.45) is 5.73 Å². The van der Waals surface area contributed by atoms with Gasteiger partial charge in [-0.05, 0) is 38.3 Å². The Balaban J connectivity index is 2.50. The SMILES string of the molecule is COc1cc(C)c(S(=O)(=O)N2CCCCC2C(C)N)cc1OC. The zero-order valence-corrected chi connectivity index (χ0v) is 15.0. The van der Waals surface area contributed by atoms with E-state index >= 15 is 0 Å². The molecule has 1 aromatic carbocycles. The molecule has 2 N–H and O–H groups in total.